The first-order valence-corrected chi connectivity index (χ1v) is 7.99. The Hall–Kier alpha value is -3.08. The number of rotatable bonds is 7. The van der Waals surface area contributed by atoms with Gasteiger partial charge in [-0.15, -0.1) is 0 Å². The second-order valence-electron chi connectivity index (χ2n) is 5.26. The predicted molar refractivity (Wildman–Crippen MR) is 96.1 cm³/mol. The molecular weight excluding hydrogens is 318 g/mol. The van der Waals surface area contributed by atoms with Gasteiger partial charge in [0.05, 0.1) is 12.7 Å². The van der Waals surface area contributed by atoms with Crippen molar-refractivity contribution >= 4 is 18.1 Å². The topological polar surface area (TPSA) is 64.6 Å². The number of amides is 1. The second kappa shape index (κ2) is 9.93. The van der Waals surface area contributed by atoms with Crippen LogP contribution in [0.3, 0.4) is 0 Å². The Bertz CT molecular complexity index is 725. The molecule has 1 amide bonds. The van der Waals surface area contributed by atoms with E-state index in [9.17, 15) is 9.59 Å². The van der Waals surface area contributed by atoms with Crippen LogP contribution in [0.25, 0.3) is 6.08 Å². The van der Waals surface area contributed by atoms with Crippen molar-refractivity contribution in [3.63, 3.8) is 0 Å². The average molecular weight is 339 g/mol. The van der Waals surface area contributed by atoms with E-state index in [1.165, 1.54) is 7.11 Å². The summed E-state index contributed by atoms with van der Waals surface area (Å²) in [6.45, 7) is 0.694. The largest absolute Gasteiger partial charge is 0.465 e. The third-order valence-electron chi connectivity index (χ3n) is 3.46. The van der Waals surface area contributed by atoms with Gasteiger partial charge in [0.25, 0.3) is 0 Å². The fourth-order valence-corrected chi connectivity index (χ4v) is 2.18. The van der Waals surface area contributed by atoms with E-state index in [0.717, 1.165) is 11.1 Å². The van der Waals surface area contributed by atoms with E-state index < -0.39 is 6.09 Å². The Morgan fingerprint density at radius 3 is 2.52 bits per heavy atom. The zero-order valence-corrected chi connectivity index (χ0v) is 14.1. The first kappa shape index (κ1) is 18.3. The number of benzene rings is 2. The molecular formula is C20H21NO4. The van der Waals surface area contributed by atoms with Gasteiger partial charge in [-0.2, -0.15) is 0 Å². The van der Waals surface area contributed by atoms with Crippen molar-refractivity contribution in [2.45, 2.75) is 13.0 Å². The summed E-state index contributed by atoms with van der Waals surface area (Å²) in [7, 11) is 1.35. The van der Waals surface area contributed by atoms with Crippen molar-refractivity contribution in [1.82, 2.24) is 5.32 Å². The Morgan fingerprint density at radius 2 is 1.76 bits per heavy atom. The summed E-state index contributed by atoms with van der Waals surface area (Å²) in [6, 6.07) is 16.7. The van der Waals surface area contributed by atoms with Crippen molar-refractivity contribution in [3.8, 4) is 0 Å². The predicted octanol–water partition coefficient (Wildman–Crippen LogP) is 3.80. The van der Waals surface area contributed by atoms with Crippen molar-refractivity contribution in [3.05, 3.63) is 77.4 Å². The lowest BCUT2D eigenvalue weighted by molar-refractivity contribution is 0.0600. The SMILES string of the molecule is COC(=O)c1ccccc1/C=C/CCNC(=O)OCc1ccccc1. The highest BCUT2D eigenvalue weighted by Crippen LogP contribution is 2.12. The fraction of sp³-hybridized carbons (Fsp3) is 0.200. The van der Waals surface area contributed by atoms with E-state index in [1.807, 2.05) is 54.6 Å². The number of hydrogen-bond donors (Lipinski definition) is 1. The molecule has 2 aromatic carbocycles. The maximum absolute atomic E-state index is 11.7. The first-order valence-electron chi connectivity index (χ1n) is 7.99. The van der Waals surface area contributed by atoms with Crippen molar-refractivity contribution in [2.75, 3.05) is 13.7 Å². The summed E-state index contributed by atoms with van der Waals surface area (Å²) in [4.78, 5) is 23.3. The van der Waals surface area contributed by atoms with Gasteiger partial charge < -0.3 is 14.8 Å². The molecule has 2 rings (SSSR count). The quantitative estimate of drug-likeness (QED) is 0.615. The summed E-state index contributed by atoms with van der Waals surface area (Å²) >= 11 is 0. The first-order chi connectivity index (χ1) is 12.2. The molecule has 0 atom stereocenters. The van der Waals surface area contributed by atoms with Crippen molar-refractivity contribution in [1.29, 1.82) is 0 Å². The van der Waals surface area contributed by atoms with Crippen LogP contribution in [0.4, 0.5) is 4.79 Å². The summed E-state index contributed by atoms with van der Waals surface area (Å²) in [5, 5.41) is 2.68. The number of methoxy groups -OCH3 is 1. The van der Waals surface area contributed by atoms with E-state index in [2.05, 4.69) is 5.32 Å². The molecule has 0 aromatic heterocycles. The van der Waals surface area contributed by atoms with Gasteiger partial charge in [-0.1, -0.05) is 60.7 Å². The van der Waals surface area contributed by atoms with E-state index in [4.69, 9.17) is 9.47 Å². The molecule has 0 radical (unpaired) electrons. The third-order valence-corrected chi connectivity index (χ3v) is 3.46. The van der Waals surface area contributed by atoms with E-state index in [-0.39, 0.29) is 12.6 Å². The van der Waals surface area contributed by atoms with Crippen LogP contribution in [0.15, 0.2) is 60.7 Å². The number of esters is 1. The summed E-state index contributed by atoms with van der Waals surface area (Å²) in [5.41, 5.74) is 2.23. The molecule has 0 unspecified atom stereocenters. The molecule has 0 aliphatic carbocycles. The Labute approximate surface area is 147 Å². The molecule has 25 heavy (non-hydrogen) atoms. The smallest absolute Gasteiger partial charge is 0.407 e. The maximum atomic E-state index is 11.7. The molecule has 0 heterocycles. The van der Waals surface area contributed by atoms with Crippen LogP contribution >= 0.6 is 0 Å². The van der Waals surface area contributed by atoms with Crippen LogP contribution in [0.5, 0.6) is 0 Å². The highest BCUT2D eigenvalue weighted by atomic mass is 16.5. The molecule has 0 saturated heterocycles. The molecule has 2 aromatic rings. The molecule has 0 spiro atoms. The molecule has 0 aliphatic rings. The zero-order chi connectivity index (χ0) is 17.9. The number of ether oxygens (including phenoxy) is 2. The fourth-order valence-electron chi connectivity index (χ4n) is 2.18. The summed E-state index contributed by atoms with van der Waals surface area (Å²) < 4.78 is 9.88. The Kier molecular flexibility index (Phi) is 7.25. The molecule has 130 valence electrons. The Balaban J connectivity index is 1.73. The molecule has 0 bridgehead atoms. The standard InChI is InChI=1S/C20H21NO4/c1-24-19(22)18-13-6-5-11-17(18)12-7-8-14-21-20(23)25-15-16-9-3-2-4-10-16/h2-7,9-13H,8,14-15H2,1H3,(H,21,23)/b12-7+. The molecule has 0 saturated carbocycles. The monoisotopic (exact) mass is 339 g/mol. The third kappa shape index (κ3) is 6.14. The van der Waals surface area contributed by atoms with E-state index >= 15 is 0 Å². The zero-order valence-electron chi connectivity index (χ0n) is 14.1. The van der Waals surface area contributed by atoms with Crippen LogP contribution in [0.2, 0.25) is 0 Å². The van der Waals surface area contributed by atoms with Gasteiger partial charge in [0, 0.05) is 6.54 Å². The minimum absolute atomic E-state index is 0.245. The van der Waals surface area contributed by atoms with Crippen molar-refractivity contribution < 1.29 is 19.1 Å². The van der Waals surface area contributed by atoms with Crippen LogP contribution in [-0.4, -0.2) is 25.7 Å². The summed E-state index contributed by atoms with van der Waals surface area (Å²) in [5.74, 6) is -0.372. The van der Waals surface area contributed by atoms with Gasteiger partial charge in [0.2, 0.25) is 0 Å². The van der Waals surface area contributed by atoms with Crippen molar-refractivity contribution in [2.24, 2.45) is 0 Å². The minimum atomic E-state index is -0.452. The lowest BCUT2D eigenvalue weighted by Crippen LogP contribution is -2.24. The lowest BCUT2D eigenvalue weighted by Gasteiger charge is -2.06. The number of alkyl carbamates (subject to hydrolysis) is 1. The maximum Gasteiger partial charge on any atom is 0.407 e. The number of hydrogen-bond acceptors (Lipinski definition) is 4. The number of carbonyl (C=O) groups is 2. The van der Waals surface area contributed by atoms with Gasteiger partial charge in [-0.25, -0.2) is 9.59 Å². The molecule has 5 heteroatoms. The van der Waals surface area contributed by atoms with E-state index in [1.54, 1.807) is 12.1 Å². The molecule has 0 fully saturated rings. The van der Waals surface area contributed by atoms with Crippen LogP contribution in [0, 0.1) is 0 Å². The lowest BCUT2D eigenvalue weighted by atomic mass is 10.1. The van der Waals surface area contributed by atoms with Gasteiger partial charge in [-0.05, 0) is 23.6 Å². The van der Waals surface area contributed by atoms with Gasteiger partial charge in [0.15, 0.2) is 0 Å². The number of carbonyl (C=O) groups excluding carboxylic acids is 2. The van der Waals surface area contributed by atoms with Crippen LogP contribution < -0.4 is 5.32 Å². The second-order valence-corrected chi connectivity index (χ2v) is 5.26. The normalized spacial score (nSPS) is 10.4. The molecule has 5 nitrogen and oxygen atoms in total. The van der Waals surface area contributed by atoms with E-state index in [0.29, 0.717) is 18.5 Å². The van der Waals surface area contributed by atoms with Gasteiger partial charge in [-0.3, -0.25) is 0 Å². The van der Waals surface area contributed by atoms with Gasteiger partial charge >= 0.3 is 12.1 Å². The average Bonchev–Trinajstić information content (AvgIpc) is 2.66. The highest BCUT2D eigenvalue weighted by molar-refractivity contribution is 5.93. The van der Waals surface area contributed by atoms with Crippen LogP contribution in [-0.2, 0) is 16.1 Å². The van der Waals surface area contributed by atoms with Crippen LogP contribution in [0.1, 0.15) is 27.9 Å². The minimum Gasteiger partial charge on any atom is -0.465 e. The number of nitrogens with one attached hydrogen (secondary N) is 1. The molecule has 1 N–H and O–H groups in total. The van der Waals surface area contributed by atoms with Gasteiger partial charge in [0.1, 0.15) is 6.61 Å². The highest BCUT2D eigenvalue weighted by Gasteiger charge is 2.08. The summed E-state index contributed by atoms with van der Waals surface area (Å²) in [6.07, 6.45) is 3.89. The Morgan fingerprint density at radius 1 is 1.04 bits per heavy atom. The molecule has 0 aliphatic heterocycles.